The summed E-state index contributed by atoms with van der Waals surface area (Å²) in [6, 6.07) is 18.9. The molecule has 33 heavy (non-hydrogen) atoms. The van der Waals surface area contributed by atoms with Crippen LogP contribution in [0.1, 0.15) is 28.3 Å². The molecule has 1 aliphatic heterocycles. The van der Waals surface area contributed by atoms with Crippen LogP contribution in [0.4, 0.5) is 0 Å². The second kappa shape index (κ2) is 9.24. The molecule has 1 unspecified atom stereocenters. The monoisotopic (exact) mass is 446 g/mol. The van der Waals surface area contributed by atoms with Crippen LogP contribution in [0.2, 0.25) is 0 Å². The molecule has 2 heterocycles. The average molecular weight is 447 g/mol. The second-order valence-electron chi connectivity index (χ2n) is 7.83. The molecule has 2 aromatic carbocycles. The first-order chi connectivity index (χ1) is 15.9. The largest absolute Gasteiger partial charge is 0.497 e. The van der Waals surface area contributed by atoms with Crippen molar-refractivity contribution in [1.29, 1.82) is 0 Å². The first-order valence-corrected chi connectivity index (χ1v) is 10.6. The molecule has 0 saturated carbocycles. The fourth-order valence-corrected chi connectivity index (χ4v) is 4.19. The molecular weight excluding hydrogens is 420 g/mol. The number of ether oxygens (including phenoxy) is 3. The highest BCUT2D eigenvalue weighted by molar-refractivity contribution is 5.92. The van der Waals surface area contributed by atoms with E-state index in [0.717, 1.165) is 11.3 Å². The number of rotatable bonds is 6. The van der Waals surface area contributed by atoms with Crippen molar-refractivity contribution in [3.05, 3.63) is 105 Å². The highest BCUT2D eigenvalue weighted by Gasteiger charge is 2.38. The van der Waals surface area contributed by atoms with E-state index in [1.54, 1.807) is 29.9 Å². The molecule has 4 rings (SSSR count). The van der Waals surface area contributed by atoms with Crippen molar-refractivity contribution in [3.8, 4) is 11.5 Å². The minimum Gasteiger partial charge on any atom is -0.497 e. The lowest BCUT2D eigenvalue weighted by Crippen LogP contribution is -2.35. The highest BCUT2D eigenvalue weighted by Crippen LogP contribution is 2.41. The Hall–Kier alpha value is -4.00. The molecular formula is C26H26N2O5. The minimum atomic E-state index is -0.733. The Labute approximate surface area is 192 Å². The molecule has 170 valence electrons. The van der Waals surface area contributed by atoms with Crippen molar-refractivity contribution < 1.29 is 19.0 Å². The van der Waals surface area contributed by atoms with Crippen molar-refractivity contribution in [2.75, 3.05) is 14.2 Å². The van der Waals surface area contributed by atoms with Gasteiger partial charge in [0.2, 0.25) is 5.88 Å². The maximum Gasteiger partial charge on any atom is 0.340 e. The van der Waals surface area contributed by atoms with Gasteiger partial charge >= 0.3 is 5.97 Å². The standard InChI is InChI=1S/C26H26N2O5/c1-16-15-20-22(25(29)28(16)14-13-17-7-5-4-6-8-17)21(18-9-11-19(31-2)12-10-18)23(24(27)33-20)26(30)32-3/h4-12,15,21H,13-14,27H2,1-3H3. The van der Waals surface area contributed by atoms with Gasteiger partial charge in [-0.15, -0.1) is 0 Å². The predicted molar refractivity (Wildman–Crippen MR) is 124 cm³/mol. The van der Waals surface area contributed by atoms with Crippen molar-refractivity contribution in [2.24, 2.45) is 5.73 Å². The van der Waals surface area contributed by atoms with Crippen molar-refractivity contribution in [3.63, 3.8) is 0 Å². The molecule has 0 saturated heterocycles. The SMILES string of the molecule is COC(=O)C1=C(N)Oc2cc(C)n(CCc3ccccc3)c(=O)c2C1c1ccc(OC)cc1. The van der Waals surface area contributed by atoms with E-state index in [1.165, 1.54) is 7.11 Å². The third-order valence-corrected chi connectivity index (χ3v) is 5.89. The fourth-order valence-electron chi connectivity index (χ4n) is 4.19. The van der Waals surface area contributed by atoms with Gasteiger partial charge in [0.25, 0.3) is 5.56 Å². The summed E-state index contributed by atoms with van der Waals surface area (Å²) in [7, 11) is 2.85. The second-order valence-corrected chi connectivity index (χ2v) is 7.83. The minimum absolute atomic E-state index is 0.0731. The number of aromatic nitrogens is 1. The van der Waals surface area contributed by atoms with Gasteiger partial charge in [-0.1, -0.05) is 42.5 Å². The van der Waals surface area contributed by atoms with E-state index in [2.05, 4.69) is 0 Å². The van der Waals surface area contributed by atoms with E-state index in [4.69, 9.17) is 19.9 Å². The molecule has 3 aromatic rings. The third-order valence-electron chi connectivity index (χ3n) is 5.89. The number of carbonyl (C=O) groups is 1. The number of hydrogen-bond acceptors (Lipinski definition) is 6. The Morgan fingerprint density at radius 2 is 1.79 bits per heavy atom. The number of methoxy groups -OCH3 is 2. The normalized spacial score (nSPS) is 14.9. The van der Waals surface area contributed by atoms with Gasteiger partial charge in [0.15, 0.2) is 0 Å². The van der Waals surface area contributed by atoms with Gasteiger partial charge in [-0.2, -0.15) is 0 Å². The molecule has 0 radical (unpaired) electrons. The number of nitrogens with zero attached hydrogens (tertiary/aromatic N) is 1. The first-order valence-electron chi connectivity index (χ1n) is 10.6. The first kappa shape index (κ1) is 22.2. The molecule has 0 bridgehead atoms. The summed E-state index contributed by atoms with van der Waals surface area (Å²) in [4.78, 5) is 26.5. The third kappa shape index (κ3) is 4.22. The van der Waals surface area contributed by atoms with E-state index >= 15 is 0 Å². The van der Waals surface area contributed by atoms with Crippen LogP contribution < -0.4 is 20.8 Å². The number of benzene rings is 2. The van der Waals surface area contributed by atoms with Crippen LogP contribution in [0.25, 0.3) is 0 Å². The number of aryl methyl sites for hydroxylation is 2. The predicted octanol–water partition coefficient (Wildman–Crippen LogP) is 3.28. The summed E-state index contributed by atoms with van der Waals surface area (Å²) in [5.74, 6) is -0.444. The molecule has 1 aromatic heterocycles. The van der Waals surface area contributed by atoms with Gasteiger partial charge in [0.05, 0.1) is 25.7 Å². The van der Waals surface area contributed by atoms with Crippen molar-refractivity contribution in [1.82, 2.24) is 4.57 Å². The van der Waals surface area contributed by atoms with Gasteiger partial charge in [-0.3, -0.25) is 4.79 Å². The van der Waals surface area contributed by atoms with Gasteiger partial charge in [-0.05, 0) is 36.6 Å². The number of hydrogen-bond donors (Lipinski definition) is 1. The molecule has 0 amide bonds. The Bertz CT molecular complexity index is 1260. The van der Waals surface area contributed by atoms with Crippen LogP contribution in [0.5, 0.6) is 11.5 Å². The topological polar surface area (TPSA) is 92.8 Å². The van der Waals surface area contributed by atoms with Crippen LogP contribution in [0, 0.1) is 6.92 Å². The van der Waals surface area contributed by atoms with E-state index in [1.807, 2.05) is 49.4 Å². The molecule has 7 nitrogen and oxygen atoms in total. The Kier molecular flexibility index (Phi) is 6.22. The zero-order valence-corrected chi connectivity index (χ0v) is 18.8. The number of carbonyl (C=O) groups excluding carboxylic acids is 1. The number of esters is 1. The van der Waals surface area contributed by atoms with Gasteiger partial charge in [-0.25, -0.2) is 4.79 Å². The molecule has 7 heteroatoms. The zero-order chi connectivity index (χ0) is 23.5. The smallest absolute Gasteiger partial charge is 0.340 e. The van der Waals surface area contributed by atoms with Crippen LogP contribution in [-0.4, -0.2) is 24.8 Å². The quantitative estimate of drug-likeness (QED) is 0.584. The summed E-state index contributed by atoms with van der Waals surface area (Å²) in [6.45, 7) is 2.35. The molecule has 1 atom stereocenters. The Morgan fingerprint density at radius 1 is 1.09 bits per heavy atom. The van der Waals surface area contributed by atoms with E-state index in [0.29, 0.717) is 35.6 Å². The maximum atomic E-state index is 13.8. The lowest BCUT2D eigenvalue weighted by molar-refractivity contribution is -0.136. The fraction of sp³-hybridized carbons (Fsp3) is 0.231. The summed E-state index contributed by atoms with van der Waals surface area (Å²) < 4.78 is 17.7. The molecule has 0 spiro atoms. The van der Waals surface area contributed by atoms with E-state index < -0.39 is 11.9 Å². The lowest BCUT2D eigenvalue weighted by atomic mass is 9.83. The highest BCUT2D eigenvalue weighted by atomic mass is 16.5. The van der Waals surface area contributed by atoms with Crippen LogP contribution >= 0.6 is 0 Å². The lowest BCUT2D eigenvalue weighted by Gasteiger charge is -2.29. The van der Waals surface area contributed by atoms with Crippen LogP contribution in [0.15, 0.2) is 76.9 Å². The zero-order valence-electron chi connectivity index (χ0n) is 18.8. The summed E-state index contributed by atoms with van der Waals surface area (Å²) >= 11 is 0. The number of pyridine rings is 1. The molecule has 1 aliphatic rings. The van der Waals surface area contributed by atoms with E-state index in [-0.39, 0.29) is 17.0 Å². The van der Waals surface area contributed by atoms with Crippen molar-refractivity contribution in [2.45, 2.75) is 25.8 Å². The Morgan fingerprint density at radius 3 is 2.42 bits per heavy atom. The summed E-state index contributed by atoms with van der Waals surface area (Å²) in [5, 5.41) is 0. The summed E-state index contributed by atoms with van der Waals surface area (Å²) in [5.41, 5.74) is 8.97. The number of nitrogens with two attached hydrogens (primary N) is 1. The number of fused-ring (bicyclic) bond motifs is 1. The van der Waals surface area contributed by atoms with Crippen LogP contribution in [0.3, 0.4) is 0 Å². The Balaban J connectivity index is 1.85. The molecule has 2 N–H and O–H groups in total. The van der Waals surface area contributed by atoms with E-state index in [9.17, 15) is 9.59 Å². The van der Waals surface area contributed by atoms with Gasteiger partial charge in [0.1, 0.15) is 17.1 Å². The van der Waals surface area contributed by atoms with Gasteiger partial charge < -0.3 is 24.5 Å². The molecule has 0 fully saturated rings. The summed E-state index contributed by atoms with van der Waals surface area (Å²) in [6.07, 6.45) is 0.691. The average Bonchev–Trinajstić information content (AvgIpc) is 2.83. The van der Waals surface area contributed by atoms with Crippen molar-refractivity contribution >= 4 is 5.97 Å². The maximum absolute atomic E-state index is 13.8. The van der Waals surface area contributed by atoms with Gasteiger partial charge in [0, 0.05) is 18.3 Å². The molecule has 0 aliphatic carbocycles. The van der Waals surface area contributed by atoms with Crippen LogP contribution in [-0.2, 0) is 22.5 Å².